The van der Waals surface area contributed by atoms with Gasteiger partial charge in [0.2, 0.25) is 5.91 Å². The predicted octanol–water partition coefficient (Wildman–Crippen LogP) is 6.76. The van der Waals surface area contributed by atoms with E-state index in [0.717, 1.165) is 47.9 Å². The van der Waals surface area contributed by atoms with E-state index in [1.807, 2.05) is 79.7 Å². The van der Waals surface area contributed by atoms with Crippen molar-refractivity contribution >= 4 is 11.8 Å². The number of ether oxygens (including phenoxy) is 1. The van der Waals surface area contributed by atoms with E-state index in [9.17, 15) is 9.59 Å². The molecule has 0 saturated heterocycles. The third-order valence-corrected chi connectivity index (χ3v) is 7.70. The number of amides is 2. The summed E-state index contributed by atoms with van der Waals surface area (Å²) in [5.41, 5.74) is 4.05. The quantitative estimate of drug-likeness (QED) is 0.309. The van der Waals surface area contributed by atoms with Crippen LogP contribution in [-0.4, -0.2) is 35.4 Å². The first-order valence-corrected chi connectivity index (χ1v) is 14.6. The number of aryl methyl sites for hydroxylation is 1. The SMILES string of the molecule is Cc1cccc(CN(C(=O)COc2ccccc2C(C)(C)C)[C@@H](Cc2ccccc2)C(=O)NC2CCCCC2)c1. The first-order chi connectivity index (χ1) is 19.2. The summed E-state index contributed by atoms with van der Waals surface area (Å²) in [6.45, 7) is 8.63. The molecule has 0 radical (unpaired) electrons. The van der Waals surface area contributed by atoms with Gasteiger partial charge >= 0.3 is 0 Å². The summed E-state index contributed by atoms with van der Waals surface area (Å²) in [6, 6.07) is 25.5. The Morgan fingerprint density at radius 3 is 2.27 bits per heavy atom. The van der Waals surface area contributed by atoms with E-state index in [4.69, 9.17) is 4.74 Å². The summed E-state index contributed by atoms with van der Waals surface area (Å²) in [5, 5.41) is 3.30. The van der Waals surface area contributed by atoms with Crippen molar-refractivity contribution in [2.75, 3.05) is 6.61 Å². The molecule has 40 heavy (non-hydrogen) atoms. The van der Waals surface area contributed by atoms with Crippen LogP contribution in [0.25, 0.3) is 0 Å². The fourth-order valence-electron chi connectivity index (χ4n) is 5.54. The Bertz CT molecular complexity index is 1260. The molecule has 3 aromatic rings. The summed E-state index contributed by atoms with van der Waals surface area (Å²) in [7, 11) is 0. The third kappa shape index (κ3) is 8.20. The largest absolute Gasteiger partial charge is 0.483 e. The van der Waals surface area contributed by atoms with Gasteiger partial charge in [-0.1, -0.05) is 118 Å². The van der Waals surface area contributed by atoms with E-state index < -0.39 is 6.04 Å². The van der Waals surface area contributed by atoms with Gasteiger partial charge in [0.05, 0.1) is 0 Å². The Morgan fingerprint density at radius 1 is 0.900 bits per heavy atom. The zero-order chi connectivity index (χ0) is 28.5. The number of rotatable bonds is 10. The Kier molecular flexibility index (Phi) is 10.0. The van der Waals surface area contributed by atoms with Gasteiger partial charge in [-0.2, -0.15) is 0 Å². The number of nitrogens with zero attached hydrogens (tertiary/aromatic N) is 1. The average Bonchev–Trinajstić information content (AvgIpc) is 2.94. The van der Waals surface area contributed by atoms with Crippen LogP contribution in [0.4, 0.5) is 0 Å². The minimum atomic E-state index is -0.654. The zero-order valence-electron chi connectivity index (χ0n) is 24.5. The molecular weight excluding hydrogens is 496 g/mol. The van der Waals surface area contributed by atoms with Crippen LogP contribution in [0.3, 0.4) is 0 Å². The molecule has 1 fully saturated rings. The number of nitrogens with one attached hydrogen (secondary N) is 1. The number of carbonyl (C=O) groups excluding carboxylic acids is 2. The van der Waals surface area contributed by atoms with Crippen molar-refractivity contribution in [1.82, 2.24) is 10.2 Å². The number of para-hydroxylation sites is 1. The summed E-state index contributed by atoms with van der Waals surface area (Å²) in [6.07, 6.45) is 5.88. The number of benzene rings is 3. The molecule has 4 rings (SSSR count). The maximum atomic E-state index is 14.0. The van der Waals surface area contributed by atoms with Gasteiger partial charge in [0.25, 0.3) is 5.91 Å². The molecule has 0 bridgehead atoms. The van der Waals surface area contributed by atoms with E-state index in [2.05, 4.69) is 32.2 Å². The molecule has 1 atom stereocenters. The topological polar surface area (TPSA) is 58.6 Å². The molecule has 2 amide bonds. The molecular formula is C35H44N2O3. The van der Waals surface area contributed by atoms with Crippen molar-refractivity contribution in [3.8, 4) is 5.75 Å². The first kappa shape index (κ1) is 29.4. The van der Waals surface area contributed by atoms with E-state index in [-0.39, 0.29) is 29.9 Å². The zero-order valence-corrected chi connectivity index (χ0v) is 24.5. The molecule has 0 aliphatic heterocycles. The third-order valence-electron chi connectivity index (χ3n) is 7.70. The van der Waals surface area contributed by atoms with Crippen LogP contribution in [0.1, 0.15) is 75.1 Å². The van der Waals surface area contributed by atoms with Crippen LogP contribution in [-0.2, 0) is 28.0 Å². The van der Waals surface area contributed by atoms with Crippen LogP contribution >= 0.6 is 0 Å². The highest BCUT2D eigenvalue weighted by Gasteiger charge is 2.32. The maximum Gasteiger partial charge on any atom is 0.261 e. The van der Waals surface area contributed by atoms with Crippen LogP contribution in [0.2, 0.25) is 0 Å². The highest BCUT2D eigenvalue weighted by Crippen LogP contribution is 2.31. The fourth-order valence-corrected chi connectivity index (χ4v) is 5.54. The van der Waals surface area contributed by atoms with Gasteiger partial charge in [-0.3, -0.25) is 9.59 Å². The lowest BCUT2D eigenvalue weighted by Gasteiger charge is -2.33. The molecule has 5 heteroatoms. The van der Waals surface area contributed by atoms with Gasteiger partial charge in [0, 0.05) is 19.0 Å². The minimum absolute atomic E-state index is 0.0909. The van der Waals surface area contributed by atoms with Gasteiger partial charge in [-0.15, -0.1) is 0 Å². The molecule has 3 aromatic carbocycles. The lowest BCUT2D eigenvalue weighted by molar-refractivity contribution is -0.143. The molecule has 0 heterocycles. The maximum absolute atomic E-state index is 14.0. The van der Waals surface area contributed by atoms with E-state index >= 15 is 0 Å². The van der Waals surface area contributed by atoms with Gasteiger partial charge < -0.3 is 15.0 Å². The Balaban J connectivity index is 1.64. The highest BCUT2D eigenvalue weighted by molar-refractivity contribution is 5.88. The fraction of sp³-hybridized carbons (Fsp3) is 0.429. The highest BCUT2D eigenvalue weighted by atomic mass is 16.5. The molecule has 1 N–H and O–H groups in total. The second kappa shape index (κ2) is 13.6. The van der Waals surface area contributed by atoms with Gasteiger partial charge in [0.15, 0.2) is 6.61 Å². The number of carbonyl (C=O) groups is 2. The molecule has 1 saturated carbocycles. The van der Waals surface area contributed by atoms with Crippen molar-refractivity contribution in [1.29, 1.82) is 0 Å². The molecule has 0 unspecified atom stereocenters. The molecule has 0 spiro atoms. The van der Waals surface area contributed by atoms with Crippen LogP contribution < -0.4 is 10.1 Å². The number of hydrogen-bond donors (Lipinski definition) is 1. The van der Waals surface area contributed by atoms with Crippen molar-refractivity contribution in [3.05, 3.63) is 101 Å². The minimum Gasteiger partial charge on any atom is -0.483 e. The van der Waals surface area contributed by atoms with Crippen LogP contribution in [0.15, 0.2) is 78.9 Å². The standard InChI is InChI=1S/C35H44N2O3/c1-26-14-13-17-28(22-26)24-37(33(38)25-40-32-21-12-11-20-30(32)35(2,3)4)31(23-27-15-7-5-8-16-27)34(39)36-29-18-9-6-10-19-29/h5,7-8,11-17,20-22,29,31H,6,9-10,18-19,23-25H2,1-4H3,(H,36,39)/t31-/m0/s1. The Hall–Kier alpha value is -3.60. The van der Waals surface area contributed by atoms with Crippen molar-refractivity contribution < 1.29 is 14.3 Å². The number of hydrogen-bond acceptors (Lipinski definition) is 3. The normalized spacial score (nSPS) is 14.8. The molecule has 1 aliphatic carbocycles. The second-order valence-corrected chi connectivity index (χ2v) is 12.1. The van der Waals surface area contributed by atoms with E-state index in [1.165, 1.54) is 6.42 Å². The van der Waals surface area contributed by atoms with Gasteiger partial charge in [-0.25, -0.2) is 0 Å². The van der Waals surface area contributed by atoms with Gasteiger partial charge in [-0.05, 0) is 47.9 Å². The monoisotopic (exact) mass is 540 g/mol. The average molecular weight is 541 g/mol. The molecule has 5 nitrogen and oxygen atoms in total. The smallest absolute Gasteiger partial charge is 0.261 e. The van der Waals surface area contributed by atoms with Crippen molar-refractivity contribution in [2.45, 2.75) is 90.3 Å². The summed E-state index contributed by atoms with van der Waals surface area (Å²) in [5.74, 6) is 0.405. The summed E-state index contributed by atoms with van der Waals surface area (Å²) in [4.78, 5) is 29.7. The lowest BCUT2D eigenvalue weighted by Crippen LogP contribution is -2.53. The van der Waals surface area contributed by atoms with Crippen LogP contribution in [0, 0.1) is 6.92 Å². The van der Waals surface area contributed by atoms with Crippen molar-refractivity contribution in [2.24, 2.45) is 0 Å². The van der Waals surface area contributed by atoms with Crippen LogP contribution in [0.5, 0.6) is 5.75 Å². The molecule has 0 aromatic heterocycles. The second-order valence-electron chi connectivity index (χ2n) is 12.1. The summed E-state index contributed by atoms with van der Waals surface area (Å²) >= 11 is 0. The predicted molar refractivity (Wildman–Crippen MR) is 161 cm³/mol. The summed E-state index contributed by atoms with van der Waals surface area (Å²) < 4.78 is 6.18. The first-order valence-electron chi connectivity index (χ1n) is 14.6. The molecule has 212 valence electrons. The molecule has 1 aliphatic rings. The Morgan fingerprint density at radius 2 is 1.57 bits per heavy atom. The van der Waals surface area contributed by atoms with E-state index in [0.29, 0.717) is 18.7 Å². The van der Waals surface area contributed by atoms with E-state index in [1.54, 1.807) is 4.90 Å². The van der Waals surface area contributed by atoms with Crippen molar-refractivity contribution in [3.63, 3.8) is 0 Å². The lowest BCUT2D eigenvalue weighted by atomic mass is 9.86. The van der Waals surface area contributed by atoms with Gasteiger partial charge in [0.1, 0.15) is 11.8 Å². The Labute approximate surface area is 239 Å².